The molecule has 0 spiro atoms. The Balaban J connectivity index is 2.11. The number of alkyl halides is 3. The molecule has 2 aromatic rings. The number of nitrogens with one attached hydrogen (secondary N) is 1. The molecule has 9 heteroatoms. The van der Waals surface area contributed by atoms with Gasteiger partial charge in [-0.25, -0.2) is 0 Å². The van der Waals surface area contributed by atoms with E-state index in [0.717, 1.165) is 12.1 Å². The van der Waals surface area contributed by atoms with E-state index < -0.39 is 17.3 Å². The zero-order chi connectivity index (χ0) is 20.9. The third-order valence-corrected chi connectivity index (χ3v) is 4.68. The number of thiocarbonyl (C=S) groups is 1. The van der Waals surface area contributed by atoms with E-state index in [0.29, 0.717) is 21.3 Å². The molecule has 0 aromatic heterocycles. The lowest BCUT2D eigenvalue weighted by Gasteiger charge is -2.25. The van der Waals surface area contributed by atoms with E-state index in [1.165, 1.54) is 18.2 Å². The van der Waals surface area contributed by atoms with Crippen molar-refractivity contribution in [3.05, 3.63) is 63.6 Å². The summed E-state index contributed by atoms with van der Waals surface area (Å²) in [5, 5.41) is 21.3. The molecule has 0 heterocycles. The van der Waals surface area contributed by atoms with Crippen LogP contribution < -0.4 is 10.1 Å². The minimum absolute atomic E-state index is 0.113. The van der Waals surface area contributed by atoms with Crippen LogP contribution in [0.5, 0.6) is 5.75 Å². The molecule has 0 bridgehead atoms. The van der Waals surface area contributed by atoms with Crippen LogP contribution in [0, 0.1) is 22.7 Å². The Morgan fingerprint density at radius 1 is 1.18 bits per heavy atom. The molecule has 144 valence electrons. The summed E-state index contributed by atoms with van der Waals surface area (Å²) in [6.45, 7) is 1.43. The van der Waals surface area contributed by atoms with Crippen molar-refractivity contribution in [1.29, 1.82) is 10.5 Å². The van der Waals surface area contributed by atoms with Gasteiger partial charge in [-0.1, -0.05) is 24.4 Å². The Morgan fingerprint density at radius 3 is 2.36 bits per heavy atom. The second kappa shape index (κ2) is 8.59. The Labute approximate surface area is 173 Å². The highest BCUT2D eigenvalue weighted by Crippen LogP contribution is 2.29. The van der Waals surface area contributed by atoms with E-state index in [2.05, 4.69) is 21.2 Å². The quantitative estimate of drug-likeness (QED) is 0.628. The van der Waals surface area contributed by atoms with Gasteiger partial charge in [0.05, 0.1) is 27.7 Å². The largest absolute Gasteiger partial charge is 0.489 e. The van der Waals surface area contributed by atoms with Crippen LogP contribution in [0.4, 0.5) is 13.2 Å². The highest BCUT2D eigenvalue weighted by atomic mass is 79.9. The molecule has 1 atom stereocenters. The van der Waals surface area contributed by atoms with Gasteiger partial charge in [0.15, 0.2) is 5.54 Å². The standard InChI is InChI=1S/C19H13BrF3N3OS/c1-18(10-25,11-27-16-8-12(9-24)2-7-15(16)20)26-17(28)13-3-5-14(6-4-13)19(21,22)23/h2-8H,11H2,1H3,(H,26,28). The number of hydrogen-bond acceptors (Lipinski definition) is 4. The fourth-order valence-electron chi connectivity index (χ4n) is 2.14. The fraction of sp³-hybridized carbons (Fsp3) is 0.211. The van der Waals surface area contributed by atoms with Crippen LogP contribution in [0.1, 0.15) is 23.6 Å². The number of ether oxygens (including phenoxy) is 1. The number of nitrogens with zero attached hydrogens (tertiary/aromatic N) is 2. The van der Waals surface area contributed by atoms with Gasteiger partial charge in [-0.3, -0.25) is 0 Å². The lowest BCUT2D eigenvalue weighted by atomic mass is 10.0. The predicted molar refractivity (Wildman–Crippen MR) is 105 cm³/mol. The molecule has 0 radical (unpaired) electrons. The van der Waals surface area contributed by atoms with Crippen LogP contribution in [-0.4, -0.2) is 17.1 Å². The summed E-state index contributed by atoms with van der Waals surface area (Å²) in [6, 6.07) is 13.2. The Bertz CT molecular complexity index is 964. The molecule has 2 aromatic carbocycles. The van der Waals surface area contributed by atoms with E-state index >= 15 is 0 Å². The van der Waals surface area contributed by atoms with Crippen molar-refractivity contribution in [2.45, 2.75) is 18.6 Å². The second-order valence-corrected chi connectivity index (χ2v) is 7.28. The molecule has 1 unspecified atom stereocenters. The summed E-state index contributed by atoms with van der Waals surface area (Å²) in [4.78, 5) is 0.117. The number of hydrogen-bond donors (Lipinski definition) is 1. The van der Waals surface area contributed by atoms with E-state index in [9.17, 15) is 18.4 Å². The Kier molecular flexibility index (Phi) is 6.65. The molecular weight excluding hydrogens is 455 g/mol. The molecule has 28 heavy (non-hydrogen) atoms. The van der Waals surface area contributed by atoms with Gasteiger partial charge in [0.25, 0.3) is 0 Å². The van der Waals surface area contributed by atoms with Crippen LogP contribution in [0.25, 0.3) is 0 Å². The van der Waals surface area contributed by atoms with Crippen LogP contribution in [0.15, 0.2) is 46.9 Å². The number of benzene rings is 2. The van der Waals surface area contributed by atoms with Gasteiger partial charge in [-0.2, -0.15) is 23.7 Å². The molecular formula is C19H13BrF3N3OS. The van der Waals surface area contributed by atoms with Gasteiger partial charge >= 0.3 is 6.18 Å². The first-order valence-electron chi connectivity index (χ1n) is 7.81. The minimum Gasteiger partial charge on any atom is -0.489 e. The average Bonchev–Trinajstić information content (AvgIpc) is 2.66. The number of rotatable bonds is 5. The molecule has 1 N–H and O–H groups in total. The van der Waals surface area contributed by atoms with Crippen molar-refractivity contribution in [1.82, 2.24) is 5.32 Å². The minimum atomic E-state index is -4.44. The van der Waals surface area contributed by atoms with Crippen LogP contribution >= 0.6 is 28.1 Å². The second-order valence-electron chi connectivity index (χ2n) is 6.02. The van der Waals surface area contributed by atoms with Crippen molar-refractivity contribution < 1.29 is 17.9 Å². The fourth-order valence-corrected chi connectivity index (χ4v) is 2.86. The summed E-state index contributed by atoms with van der Waals surface area (Å²) < 4.78 is 44.2. The number of nitriles is 2. The van der Waals surface area contributed by atoms with Gasteiger partial charge in [0.2, 0.25) is 0 Å². The maximum absolute atomic E-state index is 12.7. The molecule has 2 rings (SSSR count). The normalized spacial score (nSPS) is 13.0. The smallest absolute Gasteiger partial charge is 0.416 e. The van der Waals surface area contributed by atoms with Crippen LogP contribution in [-0.2, 0) is 6.18 Å². The lowest BCUT2D eigenvalue weighted by Crippen LogP contribution is -2.49. The maximum Gasteiger partial charge on any atom is 0.416 e. The van der Waals surface area contributed by atoms with Crippen molar-refractivity contribution in [2.75, 3.05) is 6.61 Å². The molecule has 0 fully saturated rings. The average molecular weight is 468 g/mol. The van der Waals surface area contributed by atoms with E-state index in [4.69, 9.17) is 22.2 Å². The molecule has 0 saturated carbocycles. The summed E-state index contributed by atoms with van der Waals surface area (Å²) in [7, 11) is 0. The molecule has 0 aliphatic heterocycles. The zero-order valence-electron chi connectivity index (χ0n) is 14.5. The van der Waals surface area contributed by atoms with E-state index in [1.54, 1.807) is 19.1 Å². The summed E-state index contributed by atoms with van der Waals surface area (Å²) in [5.41, 5.74) is -1.29. The molecule has 0 amide bonds. The monoisotopic (exact) mass is 467 g/mol. The Hall–Kier alpha value is -2.62. The maximum atomic E-state index is 12.7. The van der Waals surface area contributed by atoms with Gasteiger partial charge < -0.3 is 10.1 Å². The Morgan fingerprint density at radius 2 is 1.82 bits per heavy atom. The number of halogens is 4. The van der Waals surface area contributed by atoms with E-state index in [1.807, 2.05) is 12.1 Å². The van der Waals surface area contributed by atoms with Crippen molar-refractivity contribution in [2.24, 2.45) is 0 Å². The summed E-state index contributed by atoms with van der Waals surface area (Å²) in [5.74, 6) is 0.378. The molecule has 0 aliphatic rings. The molecule has 4 nitrogen and oxygen atoms in total. The summed E-state index contributed by atoms with van der Waals surface area (Å²) >= 11 is 8.52. The van der Waals surface area contributed by atoms with Gasteiger partial charge in [-0.05, 0) is 53.2 Å². The topological polar surface area (TPSA) is 68.8 Å². The SMILES string of the molecule is CC(C#N)(COc1cc(C#N)ccc1Br)NC(=S)c1ccc(C(F)(F)F)cc1. The first-order valence-corrected chi connectivity index (χ1v) is 9.01. The predicted octanol–water partition coefficient (Wildman–Crippen LogP) is 4.97. The lowest BCUT2D eigenvalue weighted by molar-refractivity contribution is -0.137. The third kappa shape index (κ3) is 5.44. The van der Waals surface area contributed by atoms with Gasteiger partial charge in [0.1, 0.15) is 17.3 Å². The highest BCUT2D eigenvalue weighted by Gasteiger charge is 2.31. The molecule has 0 aliphatic carbocycles. The first-order chi connectivity index (χ1) is 13.1. The van der Waals surface area contributed by atoms with Crippen molar-refractivity contribution in [3.8, 4) is 17.9 Å². The summed E-state index contributed by atoms with van der Waals surface area (Å²) in [6.07, 6.45) is -4.44. The van der Waals surface area contributed by atoms with Crippen molar-refractivity contribution in [3.63, 3.8) is 0 Å². The molecule has 0 saturated heterocycles. The van der Waals surface area contributed by atoms with Crippen molar-refractivity contribution >= 4 is 33.1 Å². The van der Waals surface area contributed by atoms with Crippen LogP contribution in [0.3, 0.4) is 0 Å². The van der Waals surface area contributed by atoms with Crippen LogP contribution in [0.2, 0.25) is 0 Å². The van der Waals surface area contributed by atoms with E-state index in [-0.39, 0.29) is 11.6 Å². The highest BCUT2D eigenvalue weighted by molar-refractivity contribution is 9.10. The van der Waals surface area contributed by atoms with Gasteiger partial charge in [-0.15, -0.1) is 0 Å². The third-order valence-electron chi connectivity index (χ3n) is 3.69. The zero-order valence-corrected chi connectivity index (χ0v) is 16.9. The van der Waals surface area contributed by atoms with Gasteiger partial charge in [0, 0.05) is 5.56 Å². The first kappa shape index (κ1) is 21.7.